The quantitative estimate of drug-likeness (QED) is 0.589. The second-order valence-electron chi connectivity index (χ2n) is 4.79. The van der Waals surface area contributed by atoms with E-state index in [4.69, 9.17) is 0 Å². The van der Waals surface area contributed by atoms with Crippen molar-refractivity contribution in [3.8, 4) is 0 Å². The summed E-state index contributed by atoms with van der Waals surface area (Å²) in [6.07, 6.45) is 0.986. The molecule has 5 nitrogen and oxygen atoms in total. The summed E-state index contributed by atoms with van der Waals surface area (Å²) in [6.45, 7) is 1.98. The van der Waals surface area contributed by atoms with E-state index in [9.17, 15) is 9.90 Å². The number of anilines is 1. The fraction of sp³-hybridized carbons (Fsp3) is 0.500. The lowest BCUT2D eigenvalue weighted by atomic mass is 10.2. The third kappa shape index (κ3) is 7.00. The SMILES string of the molecule is Cl.Cl.O=C(NCCCNc1ccccc1)C1CC(O)CN1. The highest BCUT2D eigenvalue weighted by Crippen LogP contribution is 2.06. The minimum atomic E-state index is -0.393. The molecule has 1 saturated heterocycles. The molecule has 1 amide bonds. The number of halogens is 2. The number of carbonyl (C=O) groups excluding carboxylic acids is 1. The highest BCUT2D eigenvalue weighted by molar-refractivity contribution is 5.85. The molecule has 2 unspecified atom stereocenters. The molecule has 1 aliphatic rings. The van der Waals surface area contributed by atoms with Crippen LogP contribution in [0.3, 0.4) is 0 Å². The Morgan fingerprint density at radius 2 is 1.95 bits per heavy atom. The Morgan fingerprint density at radius 3 is 2.57 bits per heavy atom. The number of carbonyl (C=O) groups is 1. The van der Waals surface area contributed by atoms with Gasteiger partial charge in [0.25, 0.3) is 0 Å². The molecule has 7 heteroatoms. The standard InChI is InChI=1S/C14H21N3O2.2ClH/c18-12-9-13(17-10-12)14(19)16-8-4-7-15-11-5-2-1-3-6-11;;/h1-3,5-6,12-13,15,17-18H,4,7-10H2,(H,16,19);2*1H. The summed E-state index contributed by atoms with van der Waals surface area (Å²) in [6, 6.07) is 9.75. The van der Waals surface area contributed by atoms with Gasteiger partial charge in [0.05, 0.1) is 12.1 Å². The molecule has 4 N–H and O–H groups in total. The molecular formula is C14H23Cl2N3O2. The predicted molar refractivity (Wildman–Crippen MR) is 89.5 cm³/mol. The Morgan fingerprint density at radius 1 is 1.24 bits per heavy atom. The molecular weight excluding hydrogens is 313 g/mol. The van der Waals surface area contributed by atoms with E-state index in [1.54, 1.807) is 0 Å². The minimum Gasteiger partial charge on any atom is -0.392 e. The number of para-hydroxylation sites is 1. The molecule has 1 aromatic carbocycles. The van der Waals surface area contributed by atoms with Gasteiger partial charge in [-0.15, -0.1) is 24.8 Å². The highest BCUT2D eigenvalue weighted by atomic mass is 35.5. The first kappa shape index (κ1) is 20.0. The molecule has 2 atom stereocenters. The van der Waals surface area contributed by atoms with E-state index in [0.717, 1.165) is 18.7 Å². The summed E-state index contributed by atoms with van der Waals surface area (Å²) >= 11 is 0. The molecule has 0 radical (unpaired) electrons. The van der Waals surface area contributed by atoms with E-state index < -0.39 is 6.10 Å². The van der Waals surface area contributed by atoms with Crippen LogP contribution >= 0.6 is 24.8 Å². The predicted octanol–water partition coefficient (Wildman–Crippen LogP) is 1.17. The maximum absolute atomic E-state index is 11.7. The Kier molecular flexibility index (Phi) is 10.2. The number of hydrogen-bond acceptors (Lipinski definition) is 4. The van der Waals surface area contributed by atoms with Gasteiger partial charge < -0.3 is 21.1 Å². The Hall–Kier alpha value is -1.01. The smallest absolute Gasteiger partial charge is 0.237 e. The molecule has 2 rings (SSSR count). The summed E-state index contributed by atoms with van der Waals surface area (Å²) in [5.74, 6) is -0.0174. The summed E-state index contributed by atoms with van der Waals surface area (Å²) < 4.78 is 0. The van der Waals surface area contributed by atoms with Crippen molar-refractivity contribution in [2.24, 2.45) is 0 Å². The van der Waals surface area contributed by atoms with Crippen molar-refractivity contribution in [3.05, 3.63) is 30.3 Å². The summed E-state index contributed by atoms with van der Waals surface area (Å²) in [5, 5.41) is 18.5. The lowest BCUT2D eigenvalue weighted by Gasteiger charge is -2.11. The largest absolute Gasteiger partial charge is 0.392 e. The van der Waals surface area contributed by atoms with Crippen molar-refractivity contribution < 1.29 is 9.90 Å². The van der Waals surface area contributed by atoms with Gasteiger partial charge in [-0.3, -0.25) is 4.79 Å². The average molecular weight is 336 g/mol. The van der Waals surface area contributed by atoms with Crippen molar-refractivity contribution in [2.45, 2.75) is 25.0 Å². The van der Waals surface area contributed by atoms with E-state index in [0.29, 0.717) is 19.5 Å². The maximum Gasteiger partial charge on any atom is 0.237 e. The number of hydrogen-bond donors (Lipinski definition) is 4. The van der Waals surface area contributed by atoms with E-state index in [2.05, 4.69) is 16.0 Å². The van der Waals surface area contributed by atoms with E-state index in [-0.39, 0.29) is 36.8 Å². The Bertz CT molecular complexity index is 406. The van der Waals surface area contributed by atoms with Gasteiger partial charge in [-0.2, -0.15) is 0 Å². The topological polar surface area (TPSA) is 73.4 Å². The molecule has 0 aliphatic carbocycles. The van der Waals surface area contributed by atoms with Crippen LogP contribution in [0.4, 0.5) is 5.69 Å². The van der Waals surface area contributed by atoms with Gasteiger partial charge in [0.15, 0.2) is 0 Å². The number of β-amino-alcohol motifs (C(OH)–C–C–N with tert-alkyl or cyclic N) is 1. The van der Waals surface area contributed by atoms with Gasteiger partial charge in [-0.25, -0.2) is 0 Å². The number of aliphatic hydroxyl groups excluding tert-OH is 1. The van der Waals surface area contributed by atoms with Gasteiger partial charge in [0.1, 0.15) is 0 Å². The third-order valence-electron chi connectivity index (χ3n) is 3.18. The van der Waals surface area contributed by atoms with Crippen molar-refractivity contribution in [3.63, 3.8) is 0 Å². The van der Waals surface area contributed by atoms with Crippen molar-refractivity contribution in [1.82, 2.24) is 10.6 Å². The van der Waals surface area contributed by atoms with Crippen molar-refractivity contribution in [2.75, 3.05) is 25.0 Å². The summed E-state index contributed by atoms with van der Waals surface area (Å²) in [5.41, 5.74) is 1.09. The summed E-state index contributed by atoms with van der Waals surface area (Å²) in [7, 11) is 0. The van der Waals surface area contributed by atoms with Crippen LogP contribution in [0.2, 0.25) is 0 Å². The monoisotopic (exact) mass is 335 g/mol. The van der Waals surface area contributed by atoms with Crippen molar-refractivity contribution >= 4 is 36.4 Å². The molecule has 1 heterocycles. The molecule has 0 saturated carbocycles. The average Bonchev–Trinajstić information content (AvgIpc) is 2.86. The van der Waals surface area contributed by atoms with Crippen LogP contribution in [-0.2, 0) is 4.79 Å². The van der Waals surface area contributed by atoms with Crippen LogP contribution in [0.25, 0.3) is 0 Å². The first-order chi connectivity index (χ1) is 9.25. The fourth-order valence-corrected chi connectivity index (χ4v) is 2.13. The lowest BCUT2D eigenvalue weighted by molar-refractivity contribution is -0.122. The first-order valence-electron chi connectivity index (χ1n) is 6.74. The third-order valence-corrected chi connectivity index (χ3v) is 3.18. The van der Waals surface area contributed by atoms with Crippen LogP contribution < -0.4 is 16.0 Å². The zero-order chi connectivity index (χ0) is 13.5. The zero-order valence-electron chi connectivity index (χ0n) is 11.7. The molecule has 0 aromatic heterocycles. The fourth-order valence-electron chi connectivity index (χ4n) is 2.13. The van der Waals surface area contributed by atoms with Gasteiger partial charge in [-0.1, -0.05) is 18.2 Å². The van der Waals surface area contributed by atoms with Gasteiger partial charge >= 0.3 is 0 Å². The number of nitrogens with one attached hydrogen (secondary N) is 3. The second-order valence-corrected chi connectivity index (χ2v) is 4.79. The van der Waals surface area contributed by atoms with Gasteiger partial charge in [0, 0.05) is 25.3 Å². The molecule has 1 aromatic rings. The number of rotatable bonds is 6. The Balaban J connectivity index is 0.00000200. The number of benzene rings is 1. The molecule has 1 aliphatic heterocycles. The highest BCUT2D eigenvalue weighted by Gasteiger charge is 2.27. The maximum atomic E-state index is 11.7. The number of amides is 1. The lowest BCUT2D eigenvalue weighted by Crippen LogP contribution is -2.41. The van der Waals surface area contributed by atoms with E-state index >= 15 is 0 Å². The minimum absolute atomic E-state index is 0. The molecule has 0 bridgehead atoms. The van der Waals surface area contributed by atoms with E-state index in [1.165, 1.54) is 0 Å². The van der Waals surface area contributed by atoms with Gasteiger partial charge in [0.2, 0.25) is 5.91 Å². The van der Waals surface area contributed by atoms with Crippen LogP contribution in [0, 0.1) is 0 Å². The molecule has 120 valence electrons. The summed E-state index contributed by atoms with van der Waals surface area (Å²) in [4.78, 5) is 11.7. The van der Waals surface area contributed by atoms with Crippen LogP contribution in [-0.4, -0.2) is 42.8 Å². The van der Waals surface area contributed by atoms with E-state index in [1.807, 2.05) is 30.3 Å². The normalized spacial score (nSPS) is 20.0. The van der Waals surface area contributed by atoms with Crippen molar-refractivity contribution in [1.29, 1.82) is 0 Å². The molecule has 0 spiro atoms. The van der Waals surface area contributed by atoms with Crippen LogP contribution in [0.1, 0.15) is 12.8 Å². The zero-order valence-corrected chi connectivity index (χ0v) is 13.4. The Labute approximate surface area is 137 Å². The molecule has 21 heavy (non-hydrogen) atoms. The number of aliphatic hydroxyl groups is 1. The molecule has 1 fully saturated rings. The van der Waals surface area contributed by atoms with Gasteiger partial charge in [-0.05, 0) is 25.0 Å². The second kappa shape index (κ2) is 10.7. The van der Waals surface area contributed by atoms with Crippen LogP contribution in [0.15, 0.2) is 30.3 Å². The van der Waals surface area contributed by atoms with Crippen LogP contribution in [0.5, 0.6) is 0 Å². The first-order valence-corrected chi connectivity index (χ1v) is 6.74.